The standard InChI is InChI=1S/C10H20NO2.BrH/c1-5-9-11(7-3,8-4)13-10(12)6-2;/h6H,2,5,7-9H2,1,3-4H3;1H/q+1;/p-1. The van der Waals surface area contributed by atoms with E-state index in [0.29, 0.717) is 4.65 Å². The molecule has 0 radical (unpaired) electrons. The van der Waals surface area contributed by atoms with Crippen molar-refractivity contribution in [3.8, 4) is 0 Å². The Balaban J connectivity index is 0. The lowest BCUT2D eigenvalue weighted by Gasteiger charge is -2.31. The first-order valence-corrected chi connectivity index (χ1v) is 4.86. The predicted octanol–water partition coefficient (Wildman–Crippen LogP) is -1.10. The van der Waals surface area contributed by atoms with Crippen LogP contribution in [-0.4, -0.2) is 30.2 Å². The molecule has 84 valence electrons. The molecule has 0 aromatic carbocycles. The first-order chi connectivity index (χ1) is 6.14. The highest BCUT2D eigenvalue weighted by atomic mass is 79.9. The number of carbonyl (C=O) groups is 1. The molecular weight excluding hydrogens is 246 g/mol. The molecule has 0 aromatic rings. The second-order valence-electron chi connectivity index (χ2n) is 3.03. The molecule has 0 fully saturated rings. The third-order valence-corrected chi connectivity index (χ3v) is 2.23. The zero-order valence-corrected chi connectivity index (χ0v) is 10.8. The van der Waals surface area contributed by atoms with E-state index in [9.17, 15) is 4.79 Å². The molecule has 0 rings (SSSR count). The number of hydroxylamine groups is 3. The Morgan fingerprint density at radius 3 is 2.14 bits per heavy atom. The minimum absolute atomic E-state index is 0. The van der Waals surface area contributed by atoms with E-state index in [1.165, 1.54) is 6.08 Å². The number of nitrogens with zero attached hydrogens (tertiary/aromatic N) is 1. The maximum atomic E-state index is 11.1. The monoisotopic (exact) mass is 265 g/mol. The van der Waals surface area contributed by atoms with Gasteiger partial charge in [0.1, 0.15) is 19.6 Å². The number of halogens is 1. The van der Waals surface area contributed by atoms with Gasteiger partial charge in [0.15, 0.2) is 0 Å². The molecule has 0 amide bonds. The summed E-state index contributed by atoms with van der Waals surface area (Å²) < 4.78 is 0.404. The highest BCUT2D eigenvalue weighted by molar-refractivity contribution is 5.80. The highest BCUT2D eigenvalue weighted by Crippen LogP contribution is 2.09. The van der Waals surface area contributed by atoms with Crippen molar-refractivity contribution in [2.45, 2.75) is 27.2 Å². The Hall–Kier alpha value is -0.350. The normalized spacial score (nSPS) is 10.2. The Morgan fingerprint density at radius 2 is 1.86 bits per heavy atom. The average molecular weight is 266 g/mol. The fourth-order valence-electron chi connectivity index (χ4n) is 1.35. The van der Waals surface area contributed by atoms with Crippen molar-refractivity contribution >= 4 is 5.97 Å². The van der Waals surface area contributed by atoms with Gasteiger partial charge in [0.2, 0.25) is 0 Å². The lowest BCUT2D eigenvalue weighted by atomic mass is 10.4. The van der Waals surface area contributed by atoms with Crippen LogP contribution in [0.3, 0.4) is 0 Å². The third-order valence-electron chi connectivity index (χ3n) is 2.23. The smallest absolute Gasteiger partial charge is 0.389 e. The predicted molar refractivity (Wildman–Crippen MR) is 52.8 cm³/mol. The first-order valence-electron chi connectivity index (χ1n) is 4.86. The minimum atomic E-state index is -0.336. The molecular formula is C10H20BrNO2. The van der Waals surface area contributed by atoms with Gasteiger partial charge in [-0.3, -0.25) is 4.84 Å². The quantitative estimate of drug-likeness (QED) is 0.346. The number of hydrogen-bond donors (Lipinski definition) is 0. The van der Waals surface area contributed by atoms with E-state index in [-0.39, 0.29) is 23.0 Å². The molecule has 0 heterocycles. The Kier molecular flexibility index (Phi) is 9.20. The van der Waals surface area contributed by atoms with Crippen LogP contribution in [-0.2, 0) is 9.63 Å². The van der Waals surface area contributed by atoms with Crippen molar-refractivity contribution in [1.29, 1.82) is 0 Å². The Morgan fingerprint density at radius 1 is 1.36 bits per heavy atom. The molecule has 0 unspecified atom stereocenters. The van der Waals surface area contributed by atoms with Crippen LogP contribution in [0, 0.1) is 0 Å². The van der Waals surface area contributed by atoms with Crippen molar-refractivity contribution in [3.05, 3.63) is 12.7 Å². The van der Waals surface area contributed by atoms with Crippen LogP contribution in [0.2, 0.25) is 0 Å². The van der Waals surface area contributed by atoms with E-state index >= 15 is 0 Å². The summed E-state index contributed by atoms with van der Waals surface area (Å²) in [6.07, 6.45) is 2.22. The van der Waals surface area contributed by atoms with Gasteiger partial charge in [0, 0.05) is 6.08 Å². The molecule has 0 aliphatic carbocycles. The fourth-order valence-corrected chi connectivity index (χ4v) is 1.35. The zero-order chi connectivity index (χ0) is 10.3. The van der Waals surface area contributed by atoms with Crippen LogP contribution in [0.4, 0.5) is 0 Å². The van der Waals surface area contributed by atoms with E-state index in [4.69, 9.17) is 4.84 Å². The van der Waals surface area contributed by atoms with Crippen LogP contribution < -0.4 is 17.0 Å². The van der Waals surface area contributed by atoms with Crippen molar-refractivity contribution < 1.29 is 31.3 Å². The van der Waals surface area contributed by atoms with Crippen LogP contribution >= 0.6 is 0 Å². The summed E-state index contributed by atoms with van der Waals surface area (Å²) in [5.74, 6) is -0.336. The molecule has 0 N–H and O–H groups in total. The molecule has 0 saturated carbocycles. The van der Waals surface area contributed by atoms with Gasteiger partial charge in [-0.15, -0.1) is 4.65 Å². The van der Waals surface area contributed by atoms with Gasteiger partial charge in [0.25, 0.3) is 0 Å². The van der Waals surface area contributed by atoms with Gasteiger partial charge >= 0.3 is 5.97 Å². The number of hydrogen-bond acceptors (Lipinski definition) is 2. The largest absolute Gasteiger partial charge is 1.00 e. The van der Waals surface area contributed by atoms with E-state index in [2.05, 4.69) is 13.5 Å². The number of rotatable bonds is 6. The van der Waals surface area contributed by atoms with Crippen molar-refractivity contribution in [3.63, 3.8) is 0 Å². The topological polar surface area (TPSA) is 26.3 Å². The van der Waals surface area contributed by atoms with Gasteiger partial charge in [-0.25, -0.2) is 4.79 Å². The zero-order valence-electron chi connectivity index (χ0n) is 9.25. The molecule has 0 spiro atoms. The molecule has 0 aliphatic rings. The van der Waals surface area contributed by atoms with Crippen LogP contribution in [0.1, 0.15) is 27.2 Å². The van der Waals surface area contributed by atoms with Gasteiger partial charge in [-0.2, -0.15) is 0 Å². The van der Waals surface area contributed by atoms with Crippen molar-refractivity contribution in [2.24, 2.45) is 0 Å². The van der Waals surface area contributed by atoms with Crippen molar-refractivity contribution in [2.75, 3.05) is 19.6 Å². The SMILES string of the molecule is C=CC(=O)O[N+](CC)(CC)CCC.[Br-]. The van der Waals surface area contributed by atoms with Crippen molar-refractivity contribution in [1.82, 2.24) is 0 Å². The highest BCUT2D eigenvalue weighted by Gasteiger charge is 2.27. The van der Waals surface area contributed by atoms with Gasteiger partial charge in [-0.1, -0.05) is 13.5 Å². The van der Waals surface area contributed by atoms with Gasteiger partial charge in [0.05, 0.1) is 0 Å². The maximum Gasteiger partial charge on any atom is 0.389 e. The molecule has 0 aliphatic heterocycles. The summed E-state index contributed by atoms with van der Waals surface area (Å²) in [6, 6.07) is 0. The summed E-state index contributed by atoms with van der Waals surface area (Å²) in [7, 11) is 0. The summed E-state index contributed by atoms with van der Waals surface area (Å²) in [4.78, 5) is 16.4. The molecule has 0 aromatic heterocycles. The van der Waals surface area contributed by atoms with Crippen LogP contribution in [0.15, 0.2) is 12.7 Å². The van der Waals surface area contributed by atoms with Crippen LogP contribution in [0.5, 0.6) is 0 Å². The van der Waals surface area contributed by atoms with E-state index in [1.807, 2.05) is 13.8 Å². The summed E-state index contributed by atoms with van der Waals surface area (Å²) in [6.45, 7) is 12.0. The maximum absolute atomic E-state index is 11.1. The minimum Gasteiger partial charge on any atom is -1.00 e. The fraction of sp³-hybridized carbons (Fsp3) is 0.700. The average Bonchev–Trinajstić information content (AvgIpc) is 2.17. The molecule has 3 nitrogen and oxygen atoms in total. The summed E-state index contributed by atoms with van der Waals surface area (Å²) in [5, 5.41) is 0. The lowest BCUT2D eigenvalue weighted by molar-refractivity contribution is -1.09. The second-order valence-corrected chi connectivity index (χ2v) is 3.03. The Bertz CT molecular complexity index is 179. The van der Waals surface area contributed by atoms with E-state index < -0.39 is 0 Å². The first kappa shape index (κ1) is 16.1. The van der Waals surface area contributed by atoms with E-state index in [0.717, 1.165) is 26.1 Å². The number of quaternary nitrogens is 1. The molecule has 14 heavy (non-hydrogen) atoms. The third kappa shape index (κ3) is 4.77. The van der Waals surface area contributed by atoms with Gasteiger partial charge < -0.3 is 17.0 Å². The number of carbonyl (C=O) groups excluding carboxylic acids is 1. The summed E-state index contributed by atoms with van der Waals surface area (Å²) >= 11 is 0. The van der Waals surface area contributed by atoms with Crippen LogP contribution in [0.25, 0.3) is 0 Å². The molecule has 0 bridgehead atoms. The van der Waals surface area contributed by atoms with Gasteiger partial charge in [-0.05, 0) is 20.3 Å². The molecule has 4 heteroatoms. The second kappa shape index (κ2) is 8.00. The lowest BCUT2D eigenvalue weighted by Crippen LogP contribution is -3.00. The summed E-state index contributed by atoms with van der Waals surface area (Å²) in [5.41, 5.74) is 0. The molecule has 0 atom stereocenters. The van der Waals surface area contributed by atoms with E-state index in [1.54, 1.807) is 0 Å². The molecule has 0 saturated heterocycles. The Labute approximate surface area is 97.0 Å².